The Balaban J connectivity index is 1.89. The maximum Gasteiger partial charge on any atom is 0.315 e. The van der Waals surface area contributed by atoms with E-state index in [0.717, 1.165) is 38.8 Å². The van der Waals surface area contributed by atoms with Gasteiger partial charge in [-0.05, 0) is 61.1 Å². The van der Waals surface area contributed by atoms with Crippen molar-refractivity contribution in [3.8, 4) is 5.75 Å². The Kier molecular flexibility index (Phi) is 5.10. The van der Waals surface area contributed by atoms with E-state index in [1.54, 1.807) is 6.26 Å². The minimum absolute atomic E-state index is 0.138. The summed E-state index contributed by atoms with van der Waals surface area (Å²) in [5.74, 6) is 0.594. The summed E-state index contributed by atoms with van der Waals surface area (Å²) in [4.78, 5) is 12.6. The lowest BCUT2D eigenvalue weighted by Crippen LogP contribution is -2.13. The van der Waals surface area contributed by atoms with Gasteiger partial charge in [-0.3, -0.25) is 4.79 Å². The molecule has 0 atom stereocenters. The van der Waals surface area contributed by atoms with Gasteiger partial charge in [-0.15, -0.1) is 0 Å². The normalized spacial score (nSPS) is 11.3. The topological polar surface area (TPSA) is 39.4 Å². The van der Waals surface area contributed by atoms with Crippen LogP contribution in [-0.2, 0) is 11.2 Å². The number of halogens is 1. The molecule has 2 aromatic carbocycles. The van der Waals surface area contributed by atoms with Gasteiger partial charge in [0.2, 0.25) is 0 Å². The fourth-order valence-electron chi connectivity index (χ4n) is 3.26. The average molecular weight is 371 g/mol. The Labute approximate surface area is 158 Å². The van der Waals surface area contributed by atoms with Gasteiger partial charge in [0.05, 0.1) is 12.7 Å². The van der Waals surface area contributed by atoms with E-state index in [-0.39, 0.29) is 18.3 Å². The average Bonchev–Trinajstić information content (AvgIpc) is 2.94. The molecule has 0 aliphatic rings. The van der Waals surface area contributed by atoms with Gasteiger partial charge in [0.25, 0.3) is 0 Å². The Morgan fingerprint density at radius 2 is 1.92 bits per heavy atom. The molecule has 0 bridgehead atoms. The lowest BCUT2D eigenvalue weighted by Gasteiger charge is -2.13. The van der Waals surface area contributed by atoms with Crippen molar-refractivity contribution in [2.45, 2.75) is 47.0 Å². The Bertz CT molecular complexity index is 983. The van der Waals surface area contributed by atoms with Crippen molar-refractivity contribution in [3.05, 3.63) is 63.4 Å². The molecular weight excluding hydrogens is 348 g/mol. The number of carbonyl (C=O) groups is 1. The Hall–Kier alpha value is -2.26. The van der Waals surface area contributed by atoms with Gasteiger partial charge in [-0.25, -0.2) is 0 Å². The zero-order chi connectivity index (χ0) is 19.0. The van der Waals surface area contributed by atoms with E-state index < -0.39 is 0 Å². The van der Waals surface area contributed by atoms with Crippen molar-refractivity contribution in [1.29, 1.82) is 0 Å². The van der Waals surface area contributed by atoms with E-state index in [0.29, 0.717) is 10.8 Å². The molecule has 136 valence electrons. The maximum atomic E-state index is 12.6. The summed E-state index contributed by atoms with van der Waals surface area (Å²) in [6.07, 6.45) is 1.76. The van der Waals surface area contributed by atoms with Gasteiger partial charge in [0, 0.05) is 16.0 Å². The van der Waals surface area contributed by atoms with Gasteiger partial charge in [0.15, 0.2) is 0 Å². The van der Waals surface area contributed by atoms with Gasteiger partial charge in [-0.1, -0.05) is 37.6 Å². The van der Waals surface area contributed by atoms with Crippen LogP contribution in [-0.4, -0.2) is 5.97 Å². The number of esters is 1. The van der Waals surface area contributed by atoms with E-state index in [4.69, 9.17) is 20.8 Å². The fourth-order valence-corrected chi connectivity index (χ4v) is 3.41. The Morgan fingerprint density at radius 1 is 1.19 bits per heavy atom. The lowest BCUT2D eigenvalue weighted by molar-refractivity contribution is -0.133. The van der Waals surface area contributed by atoms with Crippen molar-refractivity contribution >= 4 is 28.5 Å². The second-order valence-electron chi connectivity index (χ2n) is 7.11. The summed E-state index contributed by atoms with van der Waals surface area (Å²) in [7, 11) is 0. The third-order valence-electron chi connectivity index (χ3n) is 4.64. The molecule has 0 unspecified atom stereocenters. The van der Waals surface area contributed by atoms with Crippen molar-refractivity contribution in [2.24, 2.45) is 0 Å². The molecule has 4 heteroatoms. The van der Waals surface area contributed by atoms with E-state index >= 15 is 0 Å². The molecule has 0 aliphatic heterocycles. The first-order valence-electron chi connectivity index (χ1n) is 8.75. The zero-order valence-electron chi connectivity index (χ0n) is 15.8. The number of furan rings is 1. The van der Waals surface area contributed by atoms with Gasteiger partial charge in [-0.2, -0.15) is 0 Å². The van der Waals surface area contributed by atoms with Crippen molar-refractivity contribution in [2.75, 3.05) is 0 Å². The van der Waals surface area contributed by atoms with Crippen LogP contribution in [0.15, 0.2) is 34.9 Å². The lowest BCUT2D eigenvalue weighted by atomic mass is 10.0. The molecule has 0 N–H and O–H groups in total. The highest BCUT2D eigenvalue weighted by molar-refractivity contribution is 6.33. The van der Waals surface area contributed by atoms with E-state index in [2.05, 4.69) is 13.8 Å². The third-order valence-corrected chi connectivity index (χ3v) is 5.22. The zero-order valence-corrected chi connectivity index (χ0v) is 16.5. The molecule has 0 saturated carbocycles. The molecule has 3 nitrogen and oxygen atoms in total. The maximum absolute atomic E-state index is 12.6. The summed E-state index contributed by atoms with van der Waals surface area (Å²) in [5, 5.41) is 1.60. The summed E-state index contributed by atoms with van der Waals surface area (Å²) in [6.45, 7) is 10.0. The van der Waals surface area contributed by atoms with E-state index in [1.807, 2.05) is 45.0 Å². The monoisotopic (exact) mass is 370 g/mol. The molecule has 0 aliphatic carbocycles. The molecule has 0 amide bonds. The second kappa shape index (κ2) is 7.16. The predicted octanol–water partition coefficient (Wildman–Crippen LogP) is 6.28. The summed E-state index contributed by atoms with van der Waals surface area (Å²) in [6, 6.07) is 7.86. The molecule has 26 heavy (non-hydrogen) atoms. The standard InChI is InChI=1S/C22H23ClO3/c1-12(2)17-7-6-13(3)8-18(17)26-20(24)10-16-11-25-19-9-14(4)22(23)15(5)21(16)19/h6-9,11-12H,10H2,1-5H3. The van der Waals surface area contributed by atoms with Crippen LogP contribution < -0.4 is 4.74 Å². The van der Waals surface area contributed by atoms with Crippen molar-refractivity contribution in [1.82, 2.24) is 0 Å². The molecule has 0 fully saturated rings. The van der Waals surface area contributed by atoms with E-state index in [9.17, 15) is 4.79 Å². The highest BCUT2D eigenvalue weighted by Gasteiger charge is 2.18. The molecule has 0 radical (unpaired) electrons. The fraction of sp³-hybridized carbons (Fsp3) is 0.318. The molecule has 0 saturated heterocycles. The minimum atomic E-state index is -0.309. The van der Waals surface area contributed by atoms with Crippen LogP contribution in [0.2, 0.25) is 5.02 Å². The molecule has 0 spiro atoms. The van der Waals surface area contributed by atoms with Crippen molar-refractivity contribution in [3.63, 3.8) is 0 Å². The number of carbonyl (C=O) groups excluding carboxylic acids is 1. The van der Waals surface area contributed by atoms with Gasteiger partial charge < -0.3 is 9.15 Å². The smallest absolute Gasteiger partial charge is 0.315 e. The molecule has 3 aromatic rings. The number of benzene rings is 2. The van der Waals surface area contributed by atoms with E-state index in [1.165, 1.54) is 0 Å². The first kappa shape index (κ1) is 18.5. The van der Waals surface area contributed by atoms with Crippen LogP contribution in [0.25, 0.3) is 11.0 Å². The quantitative estimate of drug-likeness (QED) is 0.400. The largest absolute Gasteiger partial charge is 0.464 e. The molecule has 3 rings (SSSR count). The predicted molar refractivity (Wildman–Crippen MR) is 105 cm³/mol. The van der Waals surface area contributed by atoms with Crippen LogP contribution in [0.3, 0.4) is 0 Å². The van der Waals surface area contributed by atoms with Crippen LogP contribution in [0.4, 0.5) is 0 Å². The SMILES string of the molecule is Cc1ccc(C(C)C)c(OC(=O)Cc2coc3cc(C)c(Cl)c(C)c23)c1. The number of ether oxygens (including phenoxy) is 1. The van der Waals surface area contributed by atoms with Crippen LogP contribution in [0, 0.1) is 20.8 Å². The van der Waals surface area contributed by atoms with Crippen molar-refractivity contribution < 1.29 is 13.9 Å². The highest BCUT2D eigenvalue weighted by atomic mass is 35.5. The van der Waals surface area contributed by atoms with Crippen LogP contribution >= 0.6 is 11.6 Å². The summed E-state index contributed by atoms with van der Waals surface area (Å²) >= 11 is 6.37. The van der Waals surface area contributed by atoms with Gasteiger partial charge >= 0.3 is 5.97 Å². The second-order valence-corrected chi connectivity index (χ2v) is 7.49. The van der Waals surface area contributed by atoms with Gasteiger partial charge in [0.1, 0.15) is 11.3 Å². The van der Waals surface area contributed by atoms with Crippen LogP contribution in [0.1, 0.15) is 47.6 Å². The molecular formula is C22H23ClO3. The summed E-state index contributed by atoms with van der Waals surface area (Å²) in [5.41, 5.74) is 5.51. The number of hydrogen-bond donors (Lipinski definition) is 0. The number of fused-ring (bicyclic) bond motifs is 1. The molecule has 1 heterocycles. The number of hydrogen-bond acceptors (Lipinski definition) is 3. The minimum Gasteiger partial charge on any atom is -0.464 e. The summed E-state index contributed by atoms with van der Waals surface area (Å²) < 4.78 is 11.3. The number of rotatable bonds is 4. The number of aryl methyl sites for hydroxylation is 3. The molecule has 1 aromatic heterocycles. The van der Waals surface area contributed by atoms with Crippen LogP contribution in [0.5, 0.6) is 5.75 Å². The Morgan fingerprint density at radius 3 is 2.62 bits per heavy atom. The first-order valence-corrected chi connectivity index (χ1v) is 9.12. The first-order chi connectivity index (χ1) is 12.3. The highest BCUT2D eigenvalue weighted by Crippen LogP contribution is 2.33. The third kappa shape index (κ3) is 3.49.